The van der Waals surface area contributed by atoms with Crippen LogP contribution >= 0.6 is 11.6 Å². The zero-order valence-electron chi connectivity index (χ0n) is 17.1. The van der Waals surface area contributed by atoms with Gasteiger partial charge in [-0.05, 0) is 34.9 Å². The van der Waals surface area contributed by atoms with Crippen molar-refractivity contribution in [2.75, 3.05) is 0 Å². The number of halogens is 1. The second-order valence-electron chi connectivity index (χ2n) is 8.29. The first-order valence-electron chi connectivity index (χ1n) is 10.7. The number of aromatic nitrogens is 1. The van der Waals surface area contributed by atoms with Gasteiger partial charge < -0.3 is 15.2 Å². The minimum absolute atomic E-state index is 0.104. The van der Waals surface area contributed by atoms with Gasteiger partial charge in [0.15, 0.2) is 0 Å². The third kappa shape index (κ3) is 2.78. The number of carbonyl (C=O) groups excluding carboxylic acids is 2. The minimum atomic E-state index is -0.603. The predicted molar refractivity (Wildman–Crippen MR) is 124 cm³/mol. The first-order chi connectivity index (χ1) is 15.6. The Balaban J connectivity index is 1.42. The summed E-state index contributed by atoms with van der Waals surface area (Å²) in [6.07, 6.45) is 0.462. The fourth-order valence-electron chi connectivity index (χ4n) is 5.08. The molecule has 6 rings (SSSR count). The second kappa shape index (κ2) is 7.24. The Morgan fingerprint density at radius 3 is 2.66 bits per heavy atom. The maximum atomic E-state index is 13.4. The Morgan fingerprint density at radius 2 is 1.78 bits per heavy atom. The molecule has 3 aromatic carbocycles. The fourth-order valence-corrected chi connectivity index (χ4v) is 5.28. The number of aromatic amines is 1. The molecule has 4 aromatic rings. The van der Waals surface area contributed by atoms with Gasteiger partial charge in [0.1, 0.15) is 6.04 Å². The number of hydrogen-bond donors (Lipinski definition) is 2. The summed E-state index contributed by atoms with van der Waals surface area (Å²) in [6, 6.07) is 22.3. The van der Waals surface area contributed by atoms with Crippen LogP contribution in [0.1, 0.15) is 38.8 Å². The summed E-state index contributed by atoms with van der Waals surface area (Å²) in [4.78, 5) is 32.1. The van der Waals surface area contributed by atoms with Gasteiger partial charge >= 0.3 is 0 Å². The van der Waals surface area contributed by atoms with Gasteiger partial charge in [-0.25, -0.2) is 0 Å². The first-order valence-corrected chi connectivity index (χ1v) is 11.0. The Hall–Kier alpha value is -3.57. The lowest BCUT2D eigenvalue weighted by Gasteiger charge is -2.37. The summed E-state index contributed by atoms with van der Waals surface area (Å²) in [5.41, 5.74) is 5.57. The lowest BCUT2D eigenvalue weighted by Crippen LogP contribution is -2.52. The topological polar surface area (TPSA) is 65.2 Å². The van der Waals surface area contributed by atoms with Crippen molar-refractivity contribution in [3.63, 3.8) is 0 Å². The number of fused-ring (bicyclic) bond motifs is 7. The van der Waals surface area contributed by atoms with E-state index in [-0.39, 0.29) is 17.9 Å². The van der Waals surface area contributed by atoms with Gasteiger partial charge in [-0.1, -0.05) is 66.2 Å². The molecule has 32 heavy (non-hydrogen) atoms. The average Bonchev–Trinajstić information content (AvgIpc) is 3.34. The zero-order chi connectivity index (χ0) is 21.8. The number of hydrogen-bond acceptors (Lipinski definition) is 2. The summed E-state index contributed by atoms with van der Waals surface area (Å²) in [5.74, 6) is -0.278. The number of rotatable bonds is 3. The lowest BCUT2D eigenvalue weighted by molar-refractivity contribution is -0.126. The molecule has 5 nitrogen and oxygen atoms in total. The van der Waals surface area contributed by atoms with Crippen molar-refractivity contribution in [3.8, 4) is 0 Å². The highest BCUT2D eigenvalue weighted by atomic mass is 35.5. The maximum Gasteiger partial charge on any atom is 0.255 e. The molecule has 3 heterocycles. The Bertz CT molecular complexity index is 1390. The summed E-state index contributed by atoms with van der Waals surface area (Å²) in [5, 5.41) is 4.72. The third-order valence-electron chi connectivity index (χ3n) is 6.57. The van der Waals surface area contributed by atoms with E-state index in [1.807, 2.05) is 60.7 Å². The highest BCUT2D eigenvalue weighted by molar-refractivity contribution is 6.31. The number of carbonyl (C=O) groups is 2. The van der Waals surface area contributed by atoms with E-state index in [0.717, 1.165) is 33.3 Å². The van der Waals surface area contributed by atoms with Crippen LogP contribution in [-0.4, -0.2) is 27.7 Å². The molecule has 2 N–H and O–H groups in total. The van der Waals surface area contributed by atoms with E-state index in [2.05, 4.69) is 16.4 Å². The van der Waals surface area contributed by atoms with Gasteiger partial charge in [0.2, 0.25) is 5.91 Å². The Labute approximate surface area is 190 Å². The molecule has 0 fully saturated rings. The molecule has 2 aliphatic heterocycles. The SMILES string of the molecule is O=C(NCc1ccccc1Cl)C1Cc2c([nH]c3ccccc23)C2c3ccccc3C(=O)N12. The van der Waals surface area contributed by atoms with Crippen LogP contribution in [0.2, 0.25) is 5.02 Å². The molecule has 0 spiro atoms. The molecule has 158 valence electrons. The number of nitrogens with one attached hydrogen (secondary N) is 2. The Kier molecular flexibility index (Phi) is 4.33. The van der Waals surface area contributed by atoms with E-state index < -0.39 is 6.04 Å². The standard InChI is InChI=1S/C26H20ClN3O2/c27-20-11-5-1-7-15(20)14-28-25(31)22-13-19-16-8-4-6-12-21(16)29-23(19)24-17-9-2-3-10-18(17)26(32)30(22)24/h1-12,22,24,29H,13-14H2,(H,28,31). The van der Waals surface area contributed by atoms with Crippen molar-refractivity contribution < 1.29 is 9.59 Å². The number of para-hydroxylation sites is 1. The van der Waals surface area contributed by atoms with E-state index >= 15 is 0 Å². The summed E-state index contributed by atoms with van der Waals surface area (Å²) < 4.78 is 0. The molecule has 1 aromatic heterocycles. The van der Waals surface area contributed by atoms with Crippen LogP contribution in [0.25, 0.3) is 10.9 Å². The first kappa shape index (κ1) is 19.1. The van der Waals surface area contributed by atoms with Crippen molar-refractivity contribution in [1.82, 2.24) is 15.2 Å². The van der Waals surface area contributed by atoms with Gasteiger partial charge in [0, 0.05) is 40.1 Å². The van der Waals surface area contributed by atoms with E-state index in [1.54, 1.807) is 11.0 Å². The molecule has 0 saturated carbocycles. The van der Waals surface area contributed by atoms with E-state index in [9.17, 15) is 9.59 Å². The summed E-state index contributed by atoms with van der Waals surface area (Å²) in [6.45, 7) is 0.315. The number of benzene rings is 3. The largest absolute Gasteiger partial charge is 0.356 e. The van der Waals surface area contributed by atoms with Crippen molar-refractivity contribution in [1.29, 1.82) is 0 Å². The molecular weight excluding hydrogens is 422 g/mol. The highest BCUT2D eigenvalue weighted by Gasteiger charge is 2.48. The van der Waals surface area contributed by atoms with Crippen molar-refractivity contribution >= 4 is 34.3 Å². The summed E-state index contributed by atoms with van der Waals surface area (Å²) in [7, 11) is 0. The molecular formula is C26H20ClN3O2. The van der Waals surface area contributed by atoms with Gasteiger partial charge in [-0.2, -0.15) is 0 Å². The second-order valence-corrected chi connectivity index (χ2v) is 8.70. The molecule has 2 aliphatic rings. The monoisotopic (exact) mass is 441 g/mol. The molecule has 6 heteroatoms. The van der Waals surface area contributed by atoms with Crippen LogP contribution in [0.3, 0.4) is 0 Å². The van der Waals surface area contributed by atoms with Gasteiger partial charge in [0.05, 0.1) is 6.04 Å². The van der Waals surface area contributed by atoms with Crippen LogP contribution in [0.5, 0.6) is 0 Å². The highest BCUT2D eigenvalue weighted by Crippen LogP contribution is 2.46. The fraction of sp³-hybridized carbons (Fsp3) is 0.154. The van der Waals surface area contributed by atoms with E-state index in [1.165, 1.54) is 0 Å². The number of nitrogens with zero attached hydrogens (tertiary/aromatic N) is 1. The van der Waals surface area contributed by atoms with Crippen LogP contribution in [0.15, 0.2) is 72.8 Å². The summed E-state index contributed by atoms with van der Waals surface area (Å²) >= 11 is 6.26. The van der Waals surface area contributed by atoms with Crippen LogP contribution in [0, 0.1) is 0 Å². The minimum Gasteiger partial charge on any atom is -0.356 e. The molecule has 2 unspecified atom stereocenters. The quantitative estimate of drug-likeness (QED) is 0.487. The van der Waals surface area contributed by atoms with Crippen LogP contribution in [0.4, 0.5) is 0 Å². The third-order valence-corrected chi connectivity index (χ3v) is 6.93. The lowest BCUT2D eigenvalue weighted by atomic mass is 9.90. The van der Waals surface area contributed by atoms with Crippen molar-refractivity contribution in [3.05, 3.63) is 106 Å². The number of amides is 2. The molecule has 0 bridgehead atoms. The van der Waals surface area contributed by atoms with E-state index in [4.69, 9.17) is 11.6 Å². The van der Waals surface area contributed by atoms with Crippen molar-refractivity contribution in [2.45, 2.75) is 25.0 Å². The molecule has 2 atom stereocenters. The molecule has 0 aliphatic carbocycles. The normalized spacial score (nSPS) is 18.9. The average molecular weight is 442 g/mol. The van der Waals surface area contributed by atoms with Gasteiger partial charge in [-0.3, -0.25) is 9.59 Å². The van der Waals surface area contributed by atoms with E-state index in [0.29, 0.717) is 23.6 Å². The Morgan fingerprint density at radius 1 is 1.03 bits per heavy atom. The number of H-pyrrole nitrogens is 1. The molecule has 0 radical (unpaired) electrons. The van der Waals surface area contributed by atoms with Crippen LogP contribution < -0.4 is 5.32 Å². The zero-order valence-corrected chi connectivity index (χ0v) is 17.9. The predicted octanol–water partition coefficient (Wildman–Crippen LogP) is 4.61. The molecule has 0 saturated heterocycles. The van der Waals surface area contributed by atoms with Gasteiger partial charge in [0.25, 0.3) is 5.91 Å². The van der Waals surface area contributed by atoms with Gasteiger partial charge in [-0.15, -0.1) is 0 Å². The smallest absolute Gasteiger partial charge is 0.255 e. The molecule has 2 amide bonds. The van der Waals surface area contributed by atoms with Crippen LogP contribution in [-0.2, 0) is 17.8 Å². The maximum absolute atomic E-state index is 13.4. The van der Waals surface area contributed by atoms with Crippen molar-refractivity contribution in [2.24, 2.45) is 0 Å².